The summed E-state index contributed by atoms with van der Waals surface area (Å²) in [6.45, 7) is 1.76. The molecule has 0 aliphatic carbocycles. The SMILES string of the molecule is Cn1cc(-c2ncc(C#N)c(N3C[C@@H]4C[C@H]3CN4c3cccc(-n4cccc4)c3)n2)cn1. The van der Waals surface area contributed by atoms with Gasteiger partial charge in [0, 0.05) is 56.1 Å². The summed E-state index contributed by atoms with van der Waals surface area (Å²) >= 11 is 0. The van der Waals surface area contributed by atoms with Crippen molar-refractivity contribution in [1.29, 1.82) is 5.26 Å². The van der Waals surface area contributed by atoms with Gasteiger partial charge in [-0.25, -0.2) is 9.97 Å². The molecule has 0 amide bonds. The zero-order valence-electron chi connectivity index (χ0n) is 17.7. The normalized spacial score (nSPS) is 19.5. The van der Waals surface area contributed by atoms with Crippen molar-refractivity contribution in [3.63, 3.8) is 0 Å². The molecule has 0 unspecified atom stereocenters. The minimum atomic E-state index is 0.319. The van der Waals surface area contributed by atoms with E-state index < -0.39 is 0 Å². The molecule has 0 saturated carbocycles. The van der Waals surface area contributed by atoms with Crippen LogP contribution >= 0.6 is 0 Å². The molecule has 2 saturated heterocycles. The number of nitriles is 1. The molecule has 158 valence electrons. The summed E-state index contributed by atoms with van der Waals surface area (Å²) in [6.07, 6.45) is 10.5. The van der Waals surface area contributed by atoms with Gasteiger partial charge in [0.1, 0.15) is 11.6 Å². The van der Waals surface area contributed by atoms with Gasteiger partial charge in [-0.3, -0.25) is 4.68 Å². The average Bonchev–Trinajstić information content (AvgIpc) is 3.63. The Bertz CT molecular complexity index is 1320. The Morgan fingerprint density at radius 1 is 1.00 bits per heavy atom. The number of benzene rings is 1. The first kappa shape index (κ1) is 18.6. The van der Waals surface area contributed by atoms with Crippen LogP contribution in [0.2, 0.25) is 0 Å². The predicted molar refractivity (Wildman–Crippen MR) is 122 cm³/mol. The monoisotopic (exact) mass is 422 g/mol. The highest BCUT2D eigenvalue weighted by Crippen LogP contribution is 2.38. The van der Waals surface area contributed by atoms with Gasteiger partial charge >= 0.3 is 0 Å². The maximum absolute atomic E-state index is 9.68. The van der Waals surface area contributed by atoms with E-state index in [1.807, 2.05) is 25.4 Å². The third kappa shape index (κ3) is 3.02. The van der Waals surface area contributed by atoms with Crippen LogP contribution in [0, 0.1) is 11.3 Å². The van der Waals surface area contributed by atoms with Gasteiger partial charge in [-0.05, 0) is 36.8 Å². The highest BCUT2D eigenvalue weighted by Gasteiger charge is 2.44. The summed E-state index contributed by atoms with van der Waals surface area (Å²) in [5.41, 5.74) is 3.77. The lowest BCUT2D eigenvalue weighted by Crippen LogP contribution is -2.47. The first-order chi connectivity index (χ1) is 15.7. The molecule has 2 atom stereocenters. The first-order valence-corrected chi connectivity index (χ1v) is 10.7. The largest absolute Gasteiger partial charge is 0.365 e. The van der Waals surface area contributed by atoms with E-state index in [4.69, 9.17) is 4.98 Å². The Morgan fingerprint density at radius 2 is 1.78 bits per heavy atom. The van der Waals surface area contributed by atoms with Gasteiger partial charge in [-0.2, -0.15) is 10.4 Å². The Morgan fingerprint density at radius 3 is 2.50 bits per heavy atom. The zero-order chi connectivity index (χ0) is 21.7. The Labute approximate surface area is 186 Å². The number of aromatic nitrogens is 5. The van der Waals surface area contributed by atoms with Crippen LogP contribution in [0.4, 0.5) is 11.5 Å². The molecule has 6 rings (SSSR count). The smallest absolute Gasteiger partial charge is 0.164 e. The van der Waals surface area contributed by atoms with Crippen LogP contribution in [0.5, 0.6) is 0 Å². The summed E-state index contributed by atoms with van der Waals surface area (Å²) in [5.74, 6) is 1.33. The quantitative estimate of drug-likeness (QED) is 0.503. The van der Waals surface area contributed by atoms with Crippen molar-refractivity contribution >= 4 is 11.5 Å². The highest BCUT2D eigenvalue weighted by atomic mass is 15.4. The fourth-order valence-corrected chi connectivity index (χ4v) is 4.93. The van der Waals surface area contributed by atoms with Crippen LogP contribution in [0.3, 0.4) is 0 Å². The van der Waals surface area contributed by atoms with E-state index in [0.29, 0.717) is 23.5 Å². The van der Waals surface area contributed by atoms with E-state index in [9.17, 15) is 5.26 Å². The van der Waals surface area contributed by atoms with Crippen LogP contribution in [0.15, 0.2) is 67.4 Å². The van der Waals surface area contributed by atoms with Gasteiger partial charge in [0.25, 0.3) is 0 Å². The number of anilines is 2. The molecule has 4 aromatic rings. The van der Waals surface area contributed by atoms with E-state index in [2.05, 4.69) is 67.2 Å². The lowest BCUT2D eigenvalue weighted by Gasteiger charge is -2.36. The number of rotatable bonds is 4. The van der Waals surface area contributed by atoms with E-state index in [0.717, 1.165) is 36.6 Å². The highest BCUT2D eigenvalue weighted by molar-refractivity contribution is 5.64. The summed E-state index contributed by atoms with van der Waals surface area (Å²) < 4.78 is 3.86. The standard InChI is InChI=1S/C24H22N8/c1-29-14-18(13-27-29)23-26-12-17(11-25)24(28-23)32-16-21-10-22(32)15-31(21)20-6-4-5-19(9-20)30-7-2-3-8-30/h2-9,12-14,21-22H,10,15-16H2,1H3/t21-,22-/m0/s1. The Hall–Kier alpha value is -4.12. The van der Waals surface area contributed by atoms with Crippen molar-refractivity contribution in [2.45, 2.75) is 18.5 Å². The van der Waals surface area contributed by atoms with E-state index in [1.54, 1.807) is 17.1 Å². The molecule has 2 fully saturated rings. The van der Waals surface area contributed by atoms with Crippen molar-refractivity contribution < 1.29 is 0 Å². The molecular weight excluding hydrogens is 400 g/mol. The number of hydrogen-bond acceptors (Lipinski definition) is 6. The second-order valence-corrected chi connectivity index (χ2v) is 8.40. The van der Waals surface area contributed by atoms with Gasteiger partial charge in [0.05, 0.1) is 24.0 Å². The maximum Gasteiger partial charge on any atom is 0.164 e. The lowest BCUT2D eigenvalue weighted by atomic mass is 10.2. The molecule has 1 aromatic carbocycles. The molecule has 0 radical (unpaired) electrons. The third-order valence-corrected chi connectivity index (χ3v) is 6.43. The van der Waals surface area contributed by atoms with Gasteiger partial charge in [0.2, 0.25) is 0 Å². The molecule has 5 heterocycles. The van der Waals surface area contributed by atoms with Crippen molar-refractivity contribution in [3.05, 3.63) is 72.9 Å². The first-order valence-electron chi connectivity index (χ1n) is 10.7. The van der Waals surface area contributed by atoms with Gasteiger partial charge in [-0.1, -0.05) is 6.07 Å². The number of aryl methyl sites for hydroxylation is 1. The Kier molecular flexibility index (Phi) is 4.21. The number of piperazine rings is 1. The molecule has 8 nitrogen and oxygen atoms in total. The van der Waals surface area contributed by atoms with Crippen molar-refractivity contribution in [2.24, 2.45) is 7.05 Å². The van der Waals surface area contributed by atoms with Crippen LogP contribution < -0.4 is 9.80 Å². The Balaban J connectivity index is 1.27. The molecule has 0 spiro atoms. The third-order valence-electron chi connectivity index (χ3n) is 6.43. The summed E-state index contributed by atoms with van der Waals surface area (Å²) in [5, 5.41) is 13.9. The molecule has 32 heavy (non-hydrogen) atoms. The molecule has 2 aliphatic rings. The summed E-state index contributed by atoms with van der Waals surface area (Å²) in [4.78, 5) is 14.0. The maximum atomic E-state index is 9.68. The minimum absolute atomic E-state index is 0.319. The van der Waals surface area contributed by atoms with Crippen molar-refractivity contribution in [3.8, 4) is 23.1 Å². The molecule has 2 aliphatic heterocycles. The summed E-state index contributed by atoms with van der Waals surface area (Å²) in [6, 6.07) is 15.7. The predicted octanol–water partition coefficient (Wildman–Crippen LogP) is 3.01. The van der Waals surface area contributed by atoms with Crippen LogP contribution in [0.1, 0.15) is 12.0 Å². The summed E-state index contributed by atoms with van der Waals surface area (Å²) in [7, 11) is 1.87. The number of nitrogens with zero attached hydrogens (tertiary/aromatic N) is 8. The minimum Gasteiger partial charge on any atom is -0.365 e. The van der Waals surface area contributed by atoms with Crippen molar-refractivity contribution in [2.75, 3.05) is 22.9 Å². The van der Waals surface area contributed by atoms with Gasteiger partial charge < -0.3 is 14.4 Å². The van der Waals surface area contributed by atoms with E-state index >= 15 is 0 Å². The fourth-order valence-electron chi connectivity index (χ4n) is 4.93. The van der Waals surface area contributed by atoms with Gasteiger partial charge in [-0.15, -0.1) is 0 Å². The second kappa shape index (κ2) is 7.24. The van der Waals surface area contributed by atoms with E-state index in [1.165, 1.54) is 5.69 Å². The molecule has 2 bridgehead atoms. The molecule has 0 N–H and O–H groups in total. The van der Waals surface area contributed by atoms with E-state index in [-0.39, 0.29) is 0 Å². The van der Waals surface area contributed by atoms with Crippen LogP contribution in [0.25, 0.3) is 17.1 Å². The topological polar surface area (TPSA) is 78.8 Å². The van der Waals surface area contributed by atoms with Crippen molar-refractivity contribution in [1.82, 2.24) is 24.3 Å². The zero-order valence-corrected chi connectivity index (χ0v) is 17.7. The lowest BCUT2D eigenvalue weighted by molar-refractivity contribution is 0.640. The average molecular weight is 422 g/mol. The van der Waals surface area contributed by atoms with Crippen LogP contribution in [-0.2, 0) is 7.05 Å². The molecule has 3 aromatic heterocycles. The fraction of sp³-hybridized carbons (Fsp3) is 0.250. The molecule has 8 heteroatoms. The second-order valence-electron chi connectivity index (χ2n) is 8.40. The van der Waals surface area contributed by atoms with Crippen LogP contribution in [-0.4, -0.2) is 49.5 Å². The van der Waals surface area contributed by atoms with Gasteiger partial charge in [0.15, 0.2) is 11.6 Å². The number of hydrogen-bond donors (Lipinski definition) is 0. The number of fused-ring (bicyclic) bond motifs is 2. The molecular formula is C24H22N8.